The van der Waals surface area contributed by atoms with Crippen LogP contribution in [0.2, 0.25) is 5.02 Å². The summed E-state index contributed by atoms with van der Waals surface area (Å²) in [6.07, 6.45) is -5.00. The average molecular weight is 506 g/mol. The van der Waals surface area contributed by atoms with E-state index in [-0.39, 0.29) is 29.5 Å². The van der Waals surface area contributed by atoms with Gasteiger partial charge < -0.3 is 20.1 Å². The lowest BCUT2D eigenvalue weighted by Crippen LogP contribution is -2.57. The molecule has 2 amide bonds. The van der Waals surface area contributed by atoms with Gasteiger partial charge in [-0.2, -0.15) is 13.2 Å². The standard InChI is InChI=1S/C22H21ClF5N3O3/c23-12-3-5-16(15(25)10-12)30-20(32)31-17-2-1-8-29-19(17)34-18-6-4-13(24)11-14(18)21(7-9-33-21)22(26,27)28/h3-6,10-11,17,19,29H,1-2,7-9H2,(H2,30,31,32). The van der Waals surface area contributed by atoms with Gasteiger partial charge in [0, 0.05) is 17.0 Å². The van der Waals surface area contributed by atoms with Gasteiger partial charge >= 0.3 is 12.2 Å². The van der Waals surface area contributed by atoms with Gasteiger partial charge in [-0.1, -0.05) is 11.6 Å². The number of ether oxygens (including phenoxy) is 2. The number of piperidine rings is 1. The molecule has 34 heavy (non-hydrogen) atoms. The monoisotopic (exact) mass is 505 g/mol. The van der Waals surface area contributed by atoms with Crippen LogP contribution in [-0.2, 0) is 10.3 Å². The highest BCUT2D eigenvalue weighted by Crippen LogP contribution is 2.53. The Morgan fingerprint density at radius 2 is 1.97 bits per heavy atom. The van der Waals surface area contributed by atoms with Gasteiger partial charge in [-0.15, -0.1) is 0 Å². The molecule has 184 valence electrons. The van der Waals surface area contributed by atoms with E-state index in [4.69, 9.17) is 21.1 Å². The fourth-order valence-electron chi connectivity index (χ4n) is 4.00. The summed E-state index contributed by atoms with van der Waals surface area (Å²) in [5.41, 5.74) is -3.23. The largest absolute Gasteiger partial charge is 0.473 e. The number of amides is 2. The normalized spacial score (nSPS) is 24.8. The molecule has 0 spiro atoms. The first-order valence-corrected chi connectivity index (χ1v) is 10.9. The van der Waals surface area contributed by atoms with E-state index in [9.17, 15) is 26.7 Å². The van der Waals surface area contributed by atoms with Gasteiger partial charge in [0.1, 0.15) is 17.4 Å². The van der Waals surface area contributed by atoms with E-state index in [2.05, 4.69) is 16.0 Å². The van der Waals surface area contributed by atoms with Crippen LogP contribution in [0.1, 0.15) is 24.8 Å². The van der Waals surface area contributed by atoms with Crippen LogP contribution in [0.3, 0.4) is 0 Å². The minimum Gasteiger partial charge on any atom is -0.473 e. The molecule has 2 aliphatic rings. The van der Waals surface area contributed by atoms with Crippen LogP contribution in [0.25, 0.3) is 0 Å². The molecule has 2 fully saturated rings. The van der Waals surface area contributed by atoms with Crippen LogP contribution in [-0.4, -0.2) is 37.6 Å². The number of benzene rings is 2. The van der Waals surface area contributed by atoms with Crippen molar-refractivity contribution in [3.05, 3.63) is 58.6 Å². The van der Waals surface area contributed by atoms with Crippen LogP contribution in [0.4, 0.5) is 32.4 Å². The molecular formula is C22H21ClF5N3O3. The number of nitrogens with one attached hydrogen (secondary N) is 3. The Hall–Kier alpha value is -2.63. The number of rotatable bonds is 5. The minimum atomic E-state index is -4.78. The van der Waals surface area contributed by atoms with Crippen LogP contribution >= 0.6 is 11.6 Å². The Morgan fingerprint density at radius 3 is 2.62 bits per heavy atom. The number of hydrogen-bond donors (Lipinski definition) is 3. The van der Waals surface area contributed by atoms with Crippen molar-refractivity contribution in [3.63, 3.8) is 0 Å². The molecule has 3 atom stereocenters. The van der Waals surface area contributed by atoms with Crippen molar-refractivity contribution in [1.82, 2.24) is 10.6 Å². The van der Waals surface area contributed by atoms with Crippen molar-refractivity contribution < 1.29 is 36.2 Å². The zero-order chi connectivity index (χ0) is 24.5. The lowest BCUT2D eigenvalue weighted by molar-refractivity contribution is -0.334. The summed E-state index contributed by atoms with van der Waals surface area (Å²) in [6.45, 7) is 0.358. The zero-order valence-electron chi connectivity index (χ0n) is 17.6. The second-order valence-corrected chi connectivity index (χ2v) is 8.46. The Kier molecular flexibility index (Phi) is 6.88. The molecule has 2 heterocycles. The predicted molar refractivity (Wildman–Crippen MR) is 114 cm³/mol. The first kappa shape index (κ1) is 24.5. The van der Waals surface area contributed by atoms with E-state index in [0.29, 0.717) is 19.4 Å². The summed E-state index contributed by atoms with van der Waals surface area (Å²) >= 11 is 5.71. The third-order valence-corrected chi connectivity index (χ3v) is 6.02. The van der Waals surface area contributed by atoms with E-state index < -0.39 is 47.3 Å². The Labute approximate surface area is 196 Å². The van der Waals surface area contributed by atoms with Crippen molar-refractivity contribution in [1.29, 1.82) is 0 Å². The fraction of sp³-hybridized carbons (Fsp3) is 0.409. The second kappa shape index (κ2) is 9.55. The molecular weight excluding hydrogens is 485 g/mol. The Bertz CT molecular complexity index is 1060. The average Bonchev–Trinajstić information content (AvgIpc) is 2.71. The molecule has 0 radical (unpaired) electrons. The van der Waals surface area contributed by atoms with Crippen molar-refractivity contribution >= 4 is 23.3 Å². The highest BCUT2D eigenvalue weighted by atomic mass is 35.5. The van der Waals surface area contributed by atoms with E-state index in [1.807, 2.05) is 0 Å². The highest BCUT2D eigenvalue weighted by molar-refractivity contribution is 6.30. The topological polar surface area (TPSA) is 71.6 Å². The third kappa shape index (κ3) is 4.91. The number of carbonyl (C=O) groups is 1. The summed E-state index contributed by atoms with van der Waals surface area (Å²) in [6, 6.07) is 5.18. The van der Waals surface area contributed by atoms with Gasteiger partial charge in [-0.3, -0.25) is 5.32 Å². The third-order valence-electron chi connectivity index (χ3n) is 5.79. The van der Waals surface area contributed by atoms with Crippen LogP contribution in [0.15, 0.2) is 36.4 Å². The van der Waals surface area contributed by atoms with Crippen molar-refractivity contribution in [2.24, 2.45) is 0 Å². The number of hydrogen-bond acceptors (Lipinski definition) is 4. The Morgan fingerprint density at radius 1 is 1.21 bits per heavy atom. The quantitative estimate of drug-likeness (QED) is 0.496. The number of anilines is 1. The van der Waals surface area contributed by atoms with Crippen LogP contribution < -0.4 is 20.7 Å². The molecule has 3 N–H and O–H groups in total. The second-order valence-electron chi connectivity index (χ2n) is 8.03. The molecule has 0 aliphatic carbocycles. The van der Waals surface area contributed by atoms with E-state index in [0.717, 1.165) is 24.3 Å². The zero-order valence-corrected chi connectivity index (χ0v) is 18.4. The number of halogens is 6. The van der Waals surface area contributed by atoms with Crippen LogP contribution in [0.5, 0.6) is 5.75 Å². The predicted octanol–water partition coefficient (Wildman–Crippen LogP) is 5.07. The molecule has 2 aromatic rings. The van der Waals surface area contributed by atoms with Gasteiger partial charge in [-0.05, 0) is 55.8 Å². The number of carbonyl (C=O) groups excluding carboxylic acids is 1. The minimum absolute atomic E-state index is 0.0989. The van der Waals surface area contributed by atoms with Crippen molar-refractivity contribution in [3.8, 4) is 5.75 Å². The van der Waals surface area contributed by atoms with Gasteiger partial charge in [0.2, 0.25) is 0 Å². The smallest absolute Gasteiger partial charge is 0.421 e. The molecule has 0 saturated carbocycles. The lowest BCUT2D eigenvalue weighted by Gasteiger charge is -2.44. The SMILES string of the molecule is O=C(Nc1ccc(Cl)cc1F)NC1CCCNC1Oc1ccc(F)cc1C1(C(F)(F)F)CCO1. The van der Waals surface area contributed by atoms with Crippen LogP contribution in [0, 0.1) is 11.6 Å². The fourth-order valence-corrected chi connectivity index (χ4v) is 4.16. The van der Waals surface area contributed by atoms with Gasteiger partial charge in [0.05, 0.1) is 18.3 Å². The molecule has 0 bridgehead atoms. The lowest BCUT2D eigenvalue weighted by atomic mass is 9.85. The molecule has 3 unspecified atom stereocenters. The maximum absolute atomic E-state index is 14.0. The van der Waals surface area contributed by atoms with Gasteiger partial charge in [0.15, 0.2) is 11.8 Å². The van der Waals surface area contributed by atoms with Gasteiger partial charge in [-0.25, -0.2) is 13.6 Å². The van der Waals surface area contributed by atoms with E-state index >= 15 is 0 Å². The van der Waals surface area contributed by atoms with E-state index in [1.54, 1.807) is 0 Å². The highest BCUT2D eigenvalue weighted by Gasteiger charge is 2.62. The summed E-state index contributed by atoms with van der Waals surface area (Å²) in [5, 5.41) is 8.17. The van der Waals surface area contributed by atoms with Gasteiger partial charge in [0.25, 0.3) is 0 Å². The summed E-state index contributed by atoms with van der Waals surface area (Å²) in [5.74, 6) is -1.81. The molecule has 4 rings (SSSR count). The Balaban J connectivity index is 1.52. The van der Waals surface area contributed by atoms with E-state index in [1.165, 1.54) is 12.1 Å². The molecule has 2 aromatic carbocycles. The molecule has 6 nitrogen and oxygen atoms in total. The summed E-state index contributed by atoms with van der Waals surface area (Å²) < 4.78 is 80.1. The molecule has 12 heteroatoms. The first-order valence-electron chi connectivity index (χ1n) is 10.5. The maximum Gasteiger partial charge on any atom is 0.421 e. The molecule has 2 aliphatic heterocycles. The summed E-state index contributed by atoms with van der Waals surface area (Å²) in [4.78, 5) is 12.5. The van der Waals surface area contributed by atoms with Crippen molar-refractivity contribution in [2.75, 3.05) is 18.5 Å². The molecule has 2 saturated heterocycles. The molecule has 0 aromatic heterocycles. The van der Waals surface area contributed by atoms with Crippen molar-refractivity contribution in [2.45, 2.75) is 43.3 Å². The summed E-state index contributed by atoms with van der Waals surface area (Å²) in [7, 11) is 0. The number of alkyl halides is 3. The number of urea groups is 1. The maximum atomic E-state index is 14.0. The first-order chi connectivity index (χ1) is 16.1.